The third-order valence-corrected chi connectivity index (χ3v) is 3.28. The summed E-state index contributed by atoms with van der Waals surface area (Å²) in [5.74, 6) is 1.66. The van der Waals surface area contributed by atoms with Crippen molar-refractivity contribution in [3.63, 3.8) is 0 Å². The van der Waals surface area contributed by atoms with Gasteiger partial charge in [0.05, 0.1) is 6.61 Å². The Balaban J connectivity index is 2.35. The van der Waals surface area contributed by atoms with Gasteiger partial charge in [0.25, 0.3) is 0 Å². The van der Waals surface area contributed by atoms with Crippen molar-refractivity contribution < 1.29 is 9.47 Å². The molecule has 0 aliphatic rings. The molecule has 0 saturated carbocycles. The van der Waals surface area contributed by atoms with Crippen LogP contribution in [0.2, 0.25) is 0 Å². The summed E-state index contributed by atoms with van der Waals surface area (Å²) < 4.78 is 11.5. The minimum absolute atomic E-state index is 0.613. The van der Waals surface area contributed by atoms with Gasteiger partial charge in [-0.25, -0.2) is 0 Å². The monoisotopic (exact) mass is 293 g/mol. The van der Waals surface area contributed by atoms with E-state index in [-0.39, 0.29) is 0 Å². The molecule has 0 bridgehead atoms. The summed E-state index contributed by atoms with van der Waals surface area (Å²) in [6.07, 6.45) is 2.25. The van der Waals surface area contributed by atoms with E-state index in [2.05, 4.69) is 51.2 Å². The summed E-state index contributed by atoms with van der Waals surface area (Å²) in [5, 5.41) is 3.43. The van der Waals surface area contributed by atoms with Crippen LogP contribution >= 0.6 is 0 Å². The fourth-order valence-corrected chi connectivity index (χ4v) is 2.02. The molecule has 1 rings (SSSR count). The second kappa shape index (κ2) is 10.6. The van der Waals surface area contributed by atoms with Gasteiger partial charge in [-0.2, -0.15) is 0 Å². The molecule has 0 heterocycles. The molecule has 1 aromatic carbocycles. The summed E-state index contributed by atoms with van der Waals surface area (Å²) in [4.78, 5) is 0. The van der Waals surface area contributed by atoms with Crippen LogP contribution in [0.15, 0.2) is 18.2 Å². The molecule has 0 fully saturated rings. The number of aryl methyl sites for hydroxylation is 1. The number of rotatable bonds is 11. The van der Waals surface area contributed by atoms with Gasteiger partial charge in [0.15, 0.2) is 0 Å². The van der Waals surface area contributed by atoms with E-state index in [9.17, 15) is 0 Å². The van der Waals surface area contributed by atoms with Crippen LogP contribution in [0.4, 0.5) is 0 Å². The third-order valence-electron chi connectivity index (χ3n) is 3.28. The predicted molar refractivity (Wildman–Crippen MR) is 88.9 cm³/mol. The van der Waals surface area contributed by atoms with Gasteiger partial charge in [0, 0.05) is 18.7 Å². The first kappa shape index (κ1) is 18.0. The topological polar surface area (TPSA) is 30.5 Å². The Labute approximate surface area is 130 Å². The van der Waals surface area contributed by atoms with Crippen molar-refractivity contribution in [2.45, 2.75) is 47.1 Å². The summed E-state index contributed by atoms with van der Waals surface area (Å²) in [7, 11) is 0. The van der Waals surface area contributed by atoms with Gasteiger partial charge in [0.1, 0.15) is 12.4 Å². The molecule has 0 aliphatic carbocycles. The standard InChI is InChI=1S/C18H31NO2/c1-5-9-19-14-17-13-16(4)6-7-18(17)21-12-11-20-10-8-15(2)3/h6-7,13,15,19H,5,8-12,14H2,1-4H3. The van der Waals surface area contributed by atoms with Gasteiger partial charge in [-0.15, -0.1) is 0 Å². The van der Waals surface area contributed by atoms with Gasteiger partial charge in [0.2, 0.25) is 0 Å². The van der Waals surface area contributed by atoms with Crippen LogP contribution < -0.4 is 10.1 Å². The van der Waals surface area contributed by atoms with Crippen LogP contribution in [0.1, 0.15) is 44.7 Å². The molecule has 120 valence electrons. The van der Waals surface area contributed by atoms with E-state index in [4.69, 9.17) is 9.47 Å². The largest absolute Gasteiger partial charge is 0.491 e. The summed E-state index contributed by atoms with van der Waals surface area (Å²) >= 11 is 0. The van der Waals surface area contributed by atoms with Crippen LogP contribution in [0.5, 0.6) is 5.75 Å². The first-order chi connectivity index (χ1) is 10.1. The van der Waals surface area contributed by atoms with Crippen molar-refractivity contribution in [2.75, 3.05) is 26.4 Å². The highest BCUT2D eigenvalue weighted by Crippen LogP contribution is 2.20. The first-order valence-corrected chi connectivity index (χ1v) is 8.14. The molecule has 0 spiro atoms. The molecule has 0 unspecified atom stereocenters. The van der Waals surface area contributed by atoms with Crippen molar-refractivity contribution in [1.29, 1.82) is 0 Å². The van der Waals surface area contributed by atoms with Crippen LogP contribution in [-0.2, 0) is 11.3 Å². The summed E-state index contributed by atoms with van der Waals surface area (Å²) in [6.45, 7) is 12.7. The molecule has 0 aromatic heterocycles. The Kier molecular flexibility index (Phi) is 9.11. The normalized spacial score (nSPS) is 11.1. The predicted octanol–water partition coefficient (Wildman–Crippen LogP) is 3.94. The summed E-state index contributed by atoms with van der Waals surface area (Å²) in [5.41, 5.74) is 2.49. The molecule has 0 aliphatic heterocycles. The lowest BCUT2D eigenvalue weighted by Gasteiger charge is -2.13. The van der Waals surface area contributed by atoms with E-state index in [0.717, 1.165) is 38.3 Å². The van der Waals surface area contributed by atoms with E-state index in [1.54, 1.807) is 0 Å². The van der Waals surface area contributed by atoms with Gasteiger partial charge < -0.3 is 14.8 Å². The molecule has 1 aromatic rings. The van der Waals surface area contributed by atoms with Crippen molar-refractivity contribution in [1.82, 2.24) is 5.32 Å². The maximum Gasteiger partial charge on any atom is 0.123 e. The lowest BCUT2D eigenvalue weighted by Crippen LogP contribution is -2.16. The minimum atomic E-state index is 0.613. The van der Waals surface area contributed by atoms with Crippen LogP contribution in [0, 0.1) is 12.8 Å². The molecule has 0 amide bonds. The zero-order chi connectivity index (χ0) is 15.5. The SMILES string of the molecule is CCCNCc1cc(C)ccc1OCCOCCC(C)C. The number of nitrogens with one attached hydrogen (secondary N) is 1. The Hall–Kier alpha value is -1.06. The van der Waals surface area contributed by atoms with Crippen LogP contribution in [0.3, 0.4) is 0 Å². The second-order valence-electron chi connectivity index (χ2n) is 5.93. The maximum atomic E-state index is 5.86. The average molecular weight is 293 g/mol. The smallest absolute Gasteiger partial charge is 0.123 e. The van der Waals surface area contributed by atoms with Crippen molar-refractivity contribution in [3.8, 4) is 5.75 Å². The van der Waals surface area contributed by atoms with Crippen LogP contribution in [0.25, 0.3) is 0 Å². The van der Waals surface area contributed by atoms with Crippen molar-refractivity contribution in [3.05, 3.63) is 29.3 Å². The Morgan fingerprint density at radius 3 is 2.67 bits per heavy atom. The quantitative estimate of drug-likeness (QED) is 0.627. The lowest BCUT2D eigenvalue weighted by molar-refractivity contribution is 0.0922. The molecule has 0 radical (unpaired) electrons. The van der Waals surface area contributed by atoms with E-state index in [0.29, 0.717) is 19.1 Å². The van der Waals surface area contributed by atoms with E-state index in [1.165, 1.54) is 11.1 Å². The van der Waals surface area contributed by atoms with Gasteiger partial charge >= 0.3 is 0 Å². The third kappa shape index (κ3) is 8.08. The van der Waals surface area contributed by atoms with E-state index < -0.39 is 0 Å². The fourth-order valence-electron chi connectivity index (χ4n) is 2.02. The second-order valence-corrected chi connectivity index (χ2v) is 5.93. The van der Waals surface area contributed by atoms with Crippen molar-refractivity contribution >= 4 is 0 Å². The molecule has 3 nitrogen and oxygen atoms in total. The summed E-state index contributed by atoms with van der Waals surface area (Å²) in [6, 6.07) is 6.35. The number of hydrogen-bond donors (Lipinski definition) is 1. The Morgan fingerprint density at radius 2 is 1.95 bits per heavy atom. The molecular weight excluding hydrogens is 262 g/mol. The number of hydrogen-bond acceptors (Lipinski definition) is 3. The molecular formula is C18H31NO2. The van der Waals surface area contributed by atoms with Crippen molar-refractivity contribution in [2.24, 2.45) is 5.92 Å². The zero-order valence-corrected chi connectivity index (χ0v) is 14.1. The Bertz CT molecular complexity index is 391. The maximum absolute atomic E-state index is 5.86. The highest BCUT2D eigenvalue weighted by atomic mass is 16.5. The molecule has 3 heteroatoms. The lowest BCUT2D eigenvalue weighted by atomic mass is 10.1. The van der Waals surface area contributed by atoms with Gasteiger partial charge in [-0.1, -0.05) is 38.5 Å². The molecule has 1 N–H and O–H groups in total. The highest BCUT2D eigenvalue weighted by Gasteiger charge is 2.04. The molecule has 21 heavy (non-hydrogen) atoms. The average Bonchev–Trinajstić information content (AvgIpc) is 2.44. The Morgan fingerprint density at radius 1 is 1.14 bits per heavy atom. The zero-order valence-electron chi connectivity index (χ0n) is 14.1. The van der Waals surface area contributed by atoms with E-state index in [1.807, 2.05) is 0 Å². The fraction of sp³-hybridized carbons (Fsp3) is 0.667. The van der Waals surface area contributed by atoms with Gasteiger partial charge in [-0.05, 0) is 38.3 Å². The molecule has 0 atom stereocenters. The van der Waals surface area contributed by atoms with Crippen LogP contribution in [-0.4, -0.2) is 26.4 Å². The highest BCUT2D eigenvalue weighted by molar-refractivity contribution is 5.36. The first-order valence-electron chi connectivity index (χ1n) is 8.14. The minimum Gasteiger partial charge on any atom is -0.491 e. The number of benzene rings is 1. The van der Waals surface area contributed by atoms with Gasteiger partial charge in [-0.3, -0.25) is 0 Å². The number of ether oxygens (including phenoxy) is 2. The van der Waals surface area contributed by atoms with E-state index >= 15 is 0 Å². The molecule has 0 saturated heterocycles.